The van der Waals surface area contributed by atoms with E-state index in [1.54, 1.807) is 30.9 Å². The van der Waals surface area contributed by atoms with Crippen LogP contribution in [0.2, 0.25) is 0 Å². The molecular formula is C26H21F2N5. The Labute approximate surface area is 190 Å². The normalized spacial score (nSPS) is 19.9. The molecule has 0 amide bonds. The number of rotatable bonds is 5. The summed E-state index contributed by atoms with van der Waals surface area (Å²) < 4.78 is 29.1. The van der Waals surface area contributed by atoms with Crippen molar-refractivity contribution < 1.29 is 8.78 Å². The van der Waals surface area contributed by atoms with Gasteiger partial charge < -0.3 is 4.90 Å². The zero-order chi connectivity index (χ0) is 22.4. The fourth-order valence-electron chi connectivity index (χ4n) is 4.64. The average molecular weight is 441 g/mol. The van der Waals surface area contributed by atoms with E-state index >= 15 is 0 Å². The molecule has 0 spiro atoms. The largest absolute Gasteiger partial charge is 0.368 e. The van der Waals surface area contributed by atoms with Crippen LogP contribution in [0.4, 0.5) is 14.5 Å². The number of anilines is 1. The Balaban J connectivity index is 1.18. The van der Waals surface area contributed by atoms with Crippen molar-refractivity contribution in [1.82, 2.24) is 19.9 Å². The lowest BCUT2D eigenvalue weighted by molar-refractivity contribution is 0.477. The van der Waals surface area contributed by atoms with Gasteiger partial charge in [-0.15, -0.1) is 0 Å². The fraction of sp³-hybridized carbons (Fsp3) is 0.231. The topological polar surface area (TPSA) is 54.8 Å². The summed E-state index contributed by atoms with van der Waals surface area (Å²) in [5.41, 5.74) is 3.40. The standard InChI is InChI=1S/C26H21F2N5/c27-22-9-17(10-23(24(22)28)33-14-19(15-33)16-5-2-1-3-6-16)20-11-21(20)18-12-31-26(32-13-18)25-29-7-4-8-30-25/h1-10,12-13,19-21H,11,14-15H2/t20-,21+/m1/s1. The Bertz CT molecular complexity index is 1280. The Kier molecular flexibility index (Phi) is 4.82. The molecule has 5 nitrogen and oxygen atoms in total. The molecule has 33 heavy (non-hydrogen) atoms. The number of nitrogens with zero attached hydrogens (tertiary/aromatic N) is 5. The van der Waals surface area contributed by atoms with Crippen molar-refractivity contribution in [3.05, 3.63) is 102 Å². The van der Waals surface area contributed by atoms with E-state index in [2.05, 4.69) is 32.1 Å². The number of benzene rings is 2. The third-order valence-corrected chi connectivity index (χ3v) is 6.61. The number of hydrogen-bond donors (Lipinski definition) is 0. The van der Waals surface area contributed by atoms with Crippen LogP contribution in [-0.4, -0.2) is 33.0 Å². The van der Waals surface area contributed by atoms with Gasteiger partial charge in [-0.1, -0.05) is 30.3 Å². The Morgan fingerprint density at radius 1 is 0.727 bits per heavy atom. The highest BCUT2D eigenvalue weighted by molar-refractivity contribution is 5.56. The summed E-state index contributed by atoms with van der Waals surface area (Å²) in [5.74, 6) is 0.0641. The summed E-state index contributed by atoms with van der Waals surface area (Å²) in [7, 11) is 0. The summed E-state index contributed by atoms with van der Waals surface area (Å²) in [6.45, 7) is 1.38. The second-order valence-corrected chi connectivity index (χ2v) is 8.71. The molecule has 7 heteroatoms. The predicted molar refractivity (Wildman–Crippen MR) is 121 cm³/mol. The lowest BCUT2D eigenvalue weighted by atomic mass is 9.90. The molecule has 2 aromatic heterocycles. The monoisotopic (exact) mass is 441 g/mol. The zero-order valence-electron chi connectivity index (χ0n) is 17.8. The van der Waals surface area contributed by atoms with Crippen LogP contribution in [0.5, 0.6) is 0 Å². The van der Waals surface area contributed by atoms with Crippen molar-refractivity contribution in [3.63, 3.8) is 0 Å². The van der Waals surface area contributed by atoms with Crippen molar-refractivity contribution in [2.75, 3.05) is 18.0 Å². The molecule has 0 N–H and O–H groups in total. The second kappa shape index (κ2) is 7.99. The Hall–Kier alpha value is -3.74. The molecule has 164 valence electrons. The maximum absolute atomic E-state index is 14.6. The van der Waals surface area contributed by atoms with E-state index in [0.29, 0.717) is 36.3 Å². The van der Waals surface area contributed by atoms with Gasteiger partial charge in [0.05, 0.1) is 5.69 Å². The highest BCUT2D eigenvalue weighted by Crippen LogP contribution is 2.55. The second-order valence-electron chi connectivity index (χ2n) is 8.71. The minimum atomic E-state index is -0.788. The third kappa shape index (κ3) is 3.73. The molecule has 2 atom stereocenters. The first-order chi connectivity index (χ1) is 16.2. The third-order valence-electron chi connectivity index (χ3n) is 6.61. The van der Waals surface area contributed by atoms with Crippen LogP contribution in [-0.2, 0) is 0 Å². The van der Waals surface area contributed by atoms with E-state index < -0.39 is 11.6 Å². The first-order valence-electron chi connectivity index (χ1n) is 11.1. The Morgan fingerprint density at radius 3 is 2.12 bits per heavy atom. The maximum atomic E-state index is 14.6. The van der Waals surface area contributed by atoms with Crippen LogP contribution >= 0.6 is 0 Å². The zero-order valence-corrected chi connectivity index (χ0v) is 17.8. The van der Waals surface area contributed by atoms with E-state index in [9.17, 15) is 8.78 Å². The molecular weight excluding hydrogens is 420 g/mol. The van der Waals surface area contributed by atoms with Gasteiger partial charge in [0.1, 0.15) is 0 Å². The molecule has 0 bridgehead atoms. The van der Waals surface area contributed by atoms with Crippen LogP contribution in [0.3, 0.4) is 0 Å². The minimum absolute atomic E-state index is 0.132. The molecule has 0 unspecified atom stereocenters. The van der Waals surface area contributed by atoms with Gasteiger partial charge in [-0.05, 0) is 53.1 Å². The Morgan fingerprint density at radius 2 is 1.39 bits per heavy atom. The van der Waals surface area contributed by atoms with Gasteiger partial charge in [0, 0.05) is 43.8 Å². The van der Waals surface area contributed by atoms with Gasteiger partial charge in [0.2, 0.25) is 0 Å². The molecule has 1 aliphatic heterocycles. The van der Waals surface area contributed by atoms with E-state index in [1.807, 2.05) is 29.2 Å². The van der Waals surface area contributed by atoms with Crippen molar-refractivity contribution in [2.24, 2.45) is 0 Å². The smallest absolute Gasteiger partial charge is 0.197 e. The first-order valence-corrected chi connectivity index (χ1v) is 11.1. The summed E-state index contributed by atoms with van der Waals surface area (Å²) in [6.07, 6.45) is 7.73. The molecule has 2 fully saturated rings. The highest BCUT2D eigenvalue weighted by Gasteiger charge is 2.41. The lowest BCUT2D eigenvalue weighted by Crippen LogP contribution is -2.45. The number of hydrogen-bond acceptors (Lipinski definition) is 5. The maximum Gasteiger partial charge on any atom is 0.197 e. The van der Waals surface area contributed by atoms with Gasteiger partial charge in [-0.25, -0.2) is 28.7 Å². The quantitative estimate of drug-likeness (QED) is 0.432. The summed E-state index contributed by atoms with van der Waals surface area (Å²) in [6, 6.07) is 15.1. The van der Waals surface area contributed by atoms with Crippen molar-refractivity contribution >= 4 is 5.69 Å². The summed E-state index contributed by atoms with van der Waals surface area (Å²) >= 11 is 0. The van der Waals surface area contributed by atoms with Crippen LogP contribution in [0, 0.1) is 11.6 Å². The van der Waals surface area contributed by atoms with Gasteiger partial charge in [-0.3, -0.25) is 0 Å². The van der Waals surface area contributed by atoms with Crippen LogP contribution in [0.25, 0.3) is 11.6 Å². The van der Waals surface area contributed by atoms with Crippen molar-refractivity contribution in [1.29, 1.82) is 0 Å². The summed E-state index contributed by atoms with van der Waals surface area (Å²) in [4.78, 5) is 19.1. The van der Waals surface area contributed by atoms with Gasteiger partial charge in [0.15, 0.2) is 23.3 Å². The minimum Gasteiger partial charge on any atom is -0.368 e. The van der Waals surface area contributed by atoms with Crippen molar-refractivity contribution in [2.45, 2.75) is 24.2 Å². The van der Waals surface area contributed by atoms with E-state index in [-0.39, 0.29) is 11.8 Å². The summed E-state index contributed by atoms with van der Waals surface area (Å²) in [5, 5.41) is 0. The average Bonchev–Trinajstić information content (AvgIpc) is 3.63. The van der Waals surface area contributed by atoms with Gasteiger partial charge in [-0.2, -0.15) is 0 Å². The molecule has 4 aromatic rings. The molecule has 2 aromatic carbocycles. The van der Waals surface area contributed by atoms with Gasteiger partial charge in [0.25, 0.3) is 0 Å². The molecule has 6 rings (SSSR count). The number of aromatic nitrogens is 4. The SMILES string of the molecule is Fc1cc([C@H]2C[C@H]2c2cnc(-c3ncccn3)nc2)cc(N2CC(c3ccccc3)C2)c1F. The molecule has 0 radical (unpaired) electrons. The lowest BCUT2D eigenvalue weighted by Gasteiger charge is -2.41. The van der Waals surface area contributed by atoms with Crippen LogP contribution < -0.4 is 4.90 Å². The van der Waals surface area contributed by atoms with Crippen LogP contribution in [0.15, 0.2) is 73.3 Å². The molecule has 2 aliphatic rings. The van der Waals surface area contributed by atoms with Gasteiger partial charge >= 0.3 is 0 Å². The van der Waals surface area contributed by atoms with Crippen LogP contribution in [0.1, 0.15) is 40.9 Å². The first kappa shape index (κ1) is 19.9. The molecule has 3 heterocycles. The van der Waals surface area contributed by atoms with E-state index in [4.69, 9.17) is 0 Å². The number of halogens is 2. The van der Waals surface area contributed by atoms with E-state index in [0.717, 1.165) is 17.5 Å². The van der Waals surface area contributed by atoms with E-state index in [1.165, 1.54) is 11.6 Å². The fourth-order valence-corrected chi connectivity index (χ4v) is 4.64. The molecule has 1 aliphatic carbocycles. The highest BCUT2D eigenvalue weighted by atomic mass is 19.2. The molecule has 1 saturated heterocycles. The van der Waals surface area contributed by atoms with Crippen molar-refractivity contribution in [3.8, 4) is 11.6 Å². The molecule has 1 saturated carbocycles. The predicted octanol–water partition coefficient (Wildman–Crippen LogP) is 5.09.